The molecule has 0 aliphatic heterocycles. The Kier molecular flexibility index (Phi) is 2.67. The number of rotatable bonds is 1. The first-order valence-electron chi connectivity index (χ1n) is 5.04. The van der Waals surface area contributed by atoms with Crippen LogP contribution in [0.25, 0.3) is 0 Å². The number of nitrogens with one attached hydrogen (secondary N) is 1. The number of fused-ring (bicyclic) bond motifs is 1. The van der Waals surface area contributed by atoms with Crippen molar-refractivity contribution in [1.29, 1.82) is 0 Å². The molecule has 5 N–H and O–H groups in total. The summed E-state index contributed by atoms with van der Waals surface area (Å²) in [6, 6.07) is 0. The van der Waals surface area contributed by atoms with Crippen molar-refractivity contribution in [3.8, 4) is 0 Å². The van der Waals surface area contributed by atoms with E-state index >= 15 is 0 Å². The third-order valence-electron chi connectivity index (χ3n) is 2.90. The number of nitrogen functional groups attached to an aromatic ring is 2. The first kappa shape index (κ1) is 10.4. The summed E-state index contributed by atoms with van der Waals surface area (Å²) in [4.78, 5) is 12.8. The van der Waals surface area contributed by atoms with Crippen LogP contribution in [0, 0.1) is 5.92 Å². The quantitative estimate of drug-likeness (QED) is 0.380. The fourth-order valence-corrected chi connectivity index (χ4v) is 3.37. The van der Waals surface area contributed by atoms with Gasteiger partial charge in [0.2, 0.25) is 0 Å². The summed E-state index contributed by atoms with van der Waals surface area (Å²) < 4.78 is 0. The Bertz CT molecular complexity index is 400. The lowest BCUT2D eigenvalue weighted by molar-refractivity contribution is 0.0953. The highest BCUT2D eigenvalue weighted by atomic mass is 32.1. The smallest absolute Gasteiger partial charge is 0.268 e. The fraction of sp³-hybridized carbons (Fsp3) is 0.500. The van der Waals surface area contributed by atoms with E-state index in [1.54, 1.807) is 0 Å². The number of thiophene rings is 1. The molecule has 2 rings (SSSR count). The summed E-state index contributed by atoms with van der Waals surface area (Å²) in [7, 11) is 0. The van der Waals surface area contributed by atoms with E-state index in [1.165, 1.54) is 16.2 Å². The van der Waals surface area contributed by atoms with Crippen molar-refractivity contribution in [2.45, 2.75) is 26.2 Å². The molecule has 0 saturated heterocycles. The van der Waals surface area contributed by atoms with Crippen LogP contribution in [-0.2, 0) is 12.8 Å². The van der Waals surface area contributed by atoms with Gasteiger partial charge in [0.25, 0.3) is 5.91 Å². The molecule has 1 aliphatic rings. The first-order valence-corrected chi connectivity index (χ1v) is 5.86. The van der Waals surface area contributed by atoms with Crippen LogP contribution >= 0.6 is 11.3 Å². The number of amides is 1. The Morgan fingerprint density at radius 1 is 1.60 bits per heavy atom. The highest BCUT2D eigenvalue weighted by Gasteiger charge is 2.25. The van der Waals surface area contributed by atoms with Gasteiger partial charge in [0.1, 0.15) is 0 Å². The zero-order valence-electron chi connectivity index (χ0n) is 8.67. The zero-order chi connectivity index (χ0) is 11.0. The Labute approximate surface area is 92.6 Å². The van der Waals surface area contributed by atoms with E-state index in [4.69, 9.17) is 11.6 Å². The van der Waals surface area contributed by atoms with Gasteiger partial charge in [-0.3, -0.25) is 10.2 Å². The van der Waals surface area contributed by atoms with E-state index < -0.39 is 0 Å². The number of anilines is 1. The third-order valence-corrected chi connectivity index (χ3v) is 3.98. The summed E-state index contributed by atoms with van der Waals surface area (Å²) in [5.74, 6) is 5.56. The lowest BCUT2D eigenvalue weighted by atomic mass is 9.88. The minimum absolute atomic E-state index is 0.264. The average molecular weight is 225 g/mol. The molecule has 5 heteroatoms. The van der Waals surface area contributed by atoms with Gasteiger partial charge in [-0.2, -0.15) is 0 Å². The molecule has 1 atom stereocenters. The van der Waals surface area contributed by atoms with Crippen LogP contribution in [0.4, 0.5) is 5.00 Å². The second-order valence-corrected chi connectivity index (χ2v) is 5.20. The molecule has 82 valence electrons. The second kappa shape index (κ2) is 3.83. The molecular weight excluding hydrogens is 210 g/mol. The van der Waals surface area contributed by atoms with Gasteiger partial charge in [-0.15, -0.1) is 11.3 Å². The van der Waals surface area contributed by atoms with Crippen molar-refractivity contribution in [1.82, 2.24) is 5.43 Å². The van der Waals surface area contributed by atoms with E-state index in [0.717, 1.165) is 24.8 Å². The van der Waals surface area contributed by atoms with Gasteiger partial charge < -0.3 is 5.73 Å². The molecule has 1 aliphatic carbocycles. The molecular formula is C10H15N3OS. The minimum Gasteiger partial charge on any atom is -0.390 e. The minimum atomic E-state index is -0.264. The molecule has 0 saturated carbocycles. The van der Waals surface area contributed by atoms with Crippen LogP contribution in [-0.4, -0.2) is 5.91 Å². The van der Waals surface area contributed by atoms with Gasteiger partial charge >= 0.3 is 0 Å². The van der Waals surface area contributed by atoms with Gasteiger partial charge in [-0.25, -0.2) is 5.84 Å². The molecule has 1 heterocycles. The van der Waals surface area contributed by atoms with E-state index in [2.05, 4.69) is 12.3 Å². The summed E-state index contributed by atoms with van der Waals surface area (Å²) in [5, 5.41) is 0.594. The molecule has 1 amide bonds. The maximum Gasteiger partial charge on any atom is 0.268 e. The van der Waals surface area contributed by atoms with Gasteiger partial charge in [-0.1, -0.05) is 6.92 Å². The molecule has 1 aromatic heterocycles. The SMILES string of the molecule is CC1CCc2c(sc(N)c2C(=O)NN)C1. The molecule has 1 unspecified atom stereocenters. The van der Waals surface area contributed by atoms with Crippen LogP contribution in [0.15, 0.2) is 0 Å². The number of carbonyl (C=O) groups is 1. The maximum absolute atomic E-state index is 11.5. The molecule has 0 aromatic carbocycles. The van der Waals surface area contributed by atoms with E-state index in [1.807, 2.05) is 0 Å². The van der Waals surface area contributed by atoms with Crippen molar-refractivity contribution in [2.24, 2.45) is 11.8 Å². The summed E-state index contributed by atoms with van der Waals surface area (Å²) in [6.45, 7) is 2.22. The van der Waals surface area contributed by atoms with Crippen LogP contribution in [0.1, 0.15) is 34.1 Å². The standard InChI is InChI=1S/C10H15N3OS/c1-5-2-3-6-7(4-5)15-9(11)8(6)10(14)13-12/h5H,2-4,11-12H2,1H3,(H,13,14). The highest BCUT2D eigenvalue weighted by molar-refractivity contribution is 7.16. The first-order chi connectivity index (χ1) is 7.13. The fourth-order valence-electron chi connectivity index (χ4n) is 2.09. The largest absolute Gasteiger partial charge is 0.390 e. The van der Waals surface area contributed by atoms with E-state index in [-0.39, 0.29) is 5.91 Å². The number of nitrogens with two attached hydrogens (primary N) is 2. The van der Waals surface area contributed by atoms with Gasteiger partial charge in [0, 0.05) is 4.88 Å². The molecule has 0 radical (unpaired) electrons. The average Bonchev–Trinajstić information content (AvgIpc) is 2.52. The number of hydrogen-bond acceptors (Lipinski definition) is 4. The zero-order valence-corrected chi connectivity index (χ0v) is 9.49. The van der Waals surface area contributed by atoms with Crippen molar-refractivity contribution in [3.63, 3.8) is 0 Å². The van der Waals surface area contributed by atoms with Gasteiger partial charge in [-0.05, 0) is 30.7 Å². The lowest BCUT2D eigenvalue weighted by Crippen LogP contribution is -2.31. The van der Waals surface area contributed by atoms with Crippen molar-refractivity contribution < 1.29 is 4.79 Å². The van der Waals surface area contributed by atoms with Crippen LogP contribution < -0.4 is 17.0 Å². The Hall–Kier alpha value is -1.07. The third kappa shape index (κ3) is 1.72. The number of carbonyl (C=O) groups excluding carboxylic acids is 1. The van der Waals surface area contributed by atoms with Crippen LogP contribution in [0.5, 0.6) is 0 Å². The normalized spacial score (nSPS) is 19.7. The summed E-state index contributed by atoms with van der Waals surface area (Å²) in [5.41, 5.74) is 9.71. The van der Waals surface area contributed by atoms with Crippen LogP contribution in [0.3, 0.4) is 0 Å². The molecule has 0 fully saturated rings. The summed E-state index contributed by atoms with van der Waals surface area (Å²) in [6.07, 6.45) is 3.09. The molecule has 1 aromatic rings. The molecule has 0 bridgehead atoms. The Balaban J connectivity index is 2.44. The van der Waals surface area contributed by atoms with Crippen molar-refractivity contribution in [3.05, 3.63) is 16.0 Å². The van der Waals surface area contributed by atoms with E-state index in [9.17, 15) is 4.79 Å². The maximum atomic E-state index is 11.5. The monoisotopic (exact) mass is 225 g/mol. The lowest BCUT2D eigenvalue weighted by Gasteiger charge is -2.18. The number of hydrazine groups is 1. The molecule has 15 heavy (non-hydrogen) atoms. The van der Waals surface area contributed by atoms with Gasteiger partial charge in [0.15, 0.2) is 0 Å². The highest BCUT2D eigenvalue weighted by Crippen LogP contribution is 2.37. The number of hydrogen-bond donors (Lipinski definition) is 3. The molecule has 0 spiro atoms. The predicted molar refractivity (Wildman–Crippen MR) is 61.6 cm³/mol. The second-order valence-electron chi connectivity index (χ2n) is 4.06. The predicted octanol–water partition coefficient (Wildman–Crippen LogP) is 1.06. The molecule has 4 nitrogen and oxygen atoms in total. The topological polar surface area (TPSA) is 81.1 Å². The van der Waals surface area contributed by atoms with Crippen molar-refractivity contribution >= 4 is 22.2 Å². The van der Waals surface area contributed by atoms with Crippen molar-refractivity contribution in [2.75, 3.05) is 5.73 Å². The Morgan fingerprint density at radius 3 is 3.00 bits per heavy atom. The van der Waals surface area contributed by atoms with E-state index in [0.29, 0.717) is 16.5 Å². The summed E-state index contributed by atoms with van der Waals surface area (Å²) >= 11 is 1.53. The van der Waals surface area contributed by atoms with Gasteiger partial charge in [0.05, 0.1) is 10.6 Å². The van der Waals surface area contributed by atoms with Crippen LogP contribution in [0.2, 0.25) is 0 Å². The Morgan fingerprint density at radius 2 is 2.33 bits per heavy atom.